The second-order valence-corrected chi connectivity index (χ2v) is 5.43. The molecule has 2 fully saturated rings. The highest BCUT2D eigenvalue weighted by atomic mass is 16.1. The number of hydrogen-bond acceptors (Lipinski definition) is 2. The van der Waals surface area contributed by atoms with Gasteiger partial charge in [-0.1, -0.05) is 13.8 Å². The van der Waals surface area contributed by atoms with Crippen molar-refractivity contribution in [3.8, 4) is 0 Å². The molecule has 3 heteroatoms. The number of rotatable bonds is 3. The first-order valence-corrected chi connectivity index (χ1v) is 5.55. The molecule has 0 heterocycles. The topological polar surface area (TPSA) is 55.1 Å². The number of carbonyl (C=O) groups is 1. The van der Waals surface area contributed by atoms with Crippen molar-refractivity contribution in [2.24, 2.45) is 17.1 Å². The van der Waals surface area contributed by atoms with Crippen LogP contribution in [0.5, 0.6) is 0 Å². The summed E-state index contributed by atoms with van der Waals surface area (Å²) in [5.41, 5.74) is 5.97. The van der Waals surface area contributed by atoms with E-state index in [2.05, 4.69) is 19.2 Å². The maximum Gasteiger partial charge on any atom is 0.220 e. The maximum absolute atomic E-state index is 11.5. The van der Waals surface area contributed by atoms with Gasteiger partial charge in [-0.05, 0) is 25.2 Å². The summed E-state index contributed by atoms with van der Waals surface area (Å²) in [4.78, 5) is 11.5. The standard InChI is InChI=1S/C11H20N2O/c1-11(2)8(12)6-9(11)13-10(14)5-7-3-4-7/h7-9H,3-6,12H2,1-2H3,(H,13,14). The second kappa shape index (κ2) is 3.23. The molecule has 2 unspecified atom stereocenters. The van der Waals surface area contributed by atoms with Crippen LogP contribution in [0.25, 0.3) is 0 Å². The Bertz CT molecular complexity index is 246. The van der Waals surface area contributed by atoms with Gasteiger partial charge in [0.05, 0.1) is 0 Å². The van der Waals surface area contributed by atoms with Gasteiger partial charge in [0.1, 0.15) is 0 Å². The minimum Gasteiger partial charge on any atom is -0.353 e. The summed E-state index contributed by atoms with van der Waals surface area (Å²) in [6.07, 6.45) is 4.13. The van der Waals surface area contributed by atoms with Gasteiger partial charge >= 0.3 is 0 Å². The molecule has 0 bridgehead atoms. The van der Waals surface area contributed by atoms with Crippen LogP contribution < -0.4 is 11.1 Å². The van der Waals surface area contributed by atoms with Gasteiger partial charge in [-0.25, -0.2) is 0 Å². The third-order valence-corrected chi connectivity index (χ3v) is 3.85. The lowest BCUT2D eigenvalue weighted by atomic mass is 9.63. The quantitative estimate of drug-likeness (QED) is 0.708. The molecule has 0 aliphatic heterocycles. The molecule has 3 N–H and O–H groups in total. The molecule has 2 saturated carbocycles. The highest BCUT2D eigenvalue weighted by molar-refractivity contribution is 5.77. The molecule has 0 radical (unpaired) electrons. The van der Waals surface area contributed by atoms with Crippen LogP contribution >= 0.6 is 0 Å². The Morgan fingerprint density at radius 2 is 2.14 bits per heavy atom. The van der Waals surface area contributed by atoms with Crippen LogP contribution in [0.2, 0.25) is 0 Å². The first-order valence-electron chi connectivity index (χ1n) is 5.55. The second-order valence-electron chi connectivity index (χ2n) is 5.43. The highest BCUT2D eigenvalue weighted by Crippen LogP contribution is 2.39. The zero-order valence-electron chi connectivity index (χ0n) is 9.05. The van der Waals surface area contributed by atoms with Crippen molar-refractivity contribution in [3.63, 3.8) is 0 Å². The Hall–Kier alpha value is -0.570. The summed E-state index contributed by atoms with van der Waals surface area (Å²) in [7, 11) is 0. The van der Waals surface area contributed by atoms with E-state index in [1.165, 1.54) is 12.8 Å². The van der Waals surface area contributed by atoms with Crippen LogP contribution in [0, 0.1) is 11.3 Å². The molecule has 1 amide bonds. The molecule has 2 aliphatic carbocycles. The molecule has 2 rings (SSSR count). The third kappa shape index (κ3) is 1.78. The zero-order chi connectivity index (χ0) is 10.3. The summed E-state index contributed by atoms with van der Waals surface area (Å²) < 4.78 is 0. The van der Waals surface area contributed by atoms with E-state index in [1.54, 1.807) is 0 Å². The predicted octanol–water partition coefficient (Wildman–Crippen LogP) is 1.03. The van der Waals surface area contributed by atoms with Crippen molar-refractivity contribution in [2.45, 2.75) is 51.6 Å². The van der Waals surface area contributed by atoms with Crippen LogP contribution in [0.15, 0.2) is 0 Å². The number of nitrogens with one attached hydrogen (secondary N) is 1. The normalized spacial score (nSPS) is 34.8. The van der Waals surface area contributed by atoms with E-state index in [4.69, 9.17) is 5.73 Å². The van der Waals surface area contributed by atoms with Crippen molar-refractivity contribution >= 4 is 5.91 Å². The van der Waals surface area contributed by atoms with Crippen LogP contribution in [0.4, 0.5) is 0 Å². The molecule has 14 heavy (non-hydrogen) atoms. The molecule has 0 saturated heterocycles. The van der Waals surface area contributed by atoms with E-state index < -0.39 is 0 Å². The summed E-state index contributed by atoms with van der Waals surface area (Å²) in [6.45, 7) is 4.26. The highest BCUT2D eigenvalue weighted by Gasteiger charge is 2.46. The molecule has 80 valence electrons. The largest absolute Gasteiger partial charge is 0.353 e. The maximum atomic E-state index is 11.5. The van der Waals surface area contributed by atoms with E-state index in [1.807, 2.05) is 0 Å². The zero-order valence-corrected chi connectivity index (χ0v) is 9.05. The summed E-state index contributed by atoms with van der Waals surface area (Å²) >= 11 is 0. The van der Waals surface area contributed by atoms with Crippen molar-refractivity contribution in [1.29, 1.82) is 0 Å². The Labute approximate surface area is 85.4 Å². The minimum atomic E-state index is 0.0826. The lowest BCUT2D eigenvalue weighted by molar-refractivity contribution is -0.124. The van der Waals surface area contributed by atoms with Gasteiger partial charge in [0.15, 0.2) is 0 Å². The molecular formula is C11H20N2O. The Balaban J connectivity index is 1.77. The number of hydrogen-bond donors (Lipinski definition) is 2. The fraction of sp³-hybridized carbons (Fsp3) is 0.909. The molecule has 0 aromatic rings. The number of nitrogens with two attached hydrogens (primary N) is 1. The molecule has 2 atom stereocenters. The molecule has 0 aromatic carbocycles. The minimum absolute atomic E-state index is 0.0826. The molecule has 0 spiro atoms. The SMILES string of the molecule is CC1(C)C(N)CC1NC(=O)CC1CC1. The molecule has 2 aliphatic rings. The fourth-order valence-electron chi connectivity index (χ4n) is 2.04. The van der Waals surface area contributed by atoms with Gasteiger partial charge in [0.2, 0.25) is 5.91 Å². The lowest BCUT2D eigenvalue weighted by Crippen LogP contribution is -2.64. The average molecular weight is 196 g/mol. The van der Waals surface area contributed by atoms with Gasteiger partial charge in [0.25, 0.3) is 0 Å². The number of carbonyl (C=O) groups excluding carboxylic acids is 1. The van der Waals surface area contributed by atoms with Gasteiger partial charge in [-0.15, -0.1) is 0 Å². The summed E-state index contributed by atoms with van der Waals surface area (Å²) in [6, 6.07) is 0.539. The van der Waals surface area contributed by atoms with Crippen LogP contribution in [-0.2, 0) is 4.79 Å². The van der Waals surface area contributed by atoms with Crippen molar-refractivity contribution in [1.82, 2.24) is 5.32 Å². The molecule has 3 nitrogen and oxygen atoms in total. The number of amides is 1. The first kappa shape index (κ1) is 9.97. The Kier molecular flexibility index (Phi) is 2.30. The third-order valence-electron chi connectivity index (χ3n) is 3.85. The smallest absolute Gasteiger partial charge is 0.220 e. The predicted molar refractivity (Wildman–Crippen MR) is 55.6 cm³/mol. The van der Waals surface area contributed by atoms with Crippen LogP contribution in [-0.4, -0.2) is 18.0 Å². The van der Waals surface area contributed by atoms with Gasteiger partial charge in [0, 0.05) is 23.9 Å². The van der Waals surface area contributed by atoms with E-state index in [9.17, 15) is 4.79 Å². The molecule has 0 aromatic heterocycles. The molecular weight excluding hydrogens is 176 g/mol. The first-order chi connectivity index (χ1) is 6.50. The van der Waals surface area contributed by atoms with Crippen molar-refractivity contribution in [2.75, 3.05) is 0 Å². The van der Waals surface area contributed by atoms with E-state index in [0.29, 0.717) is 12.0 Å². The Morgan fingerprint density at radius 1 is 1.50 bits per heavy atom. The van der Waals surface area contributed by atoms with E-state index in [-0.39, 0.29) is 17.4 Å². The Morgan fingerprint density at radius 3 is 2.57 bits per heavy atom. The monoisotopic (exact) mass is 196 g/mol. The van der Waals surface area contributed by atoms with Crippen LogP contribution in [0.3, 0.4) is 0 Å². The van der Waals surface area contributed by atoms with E-state index in [0.717, 1.165) is 12.8 Å². The van der Waals surface area contributed by atoms with Crippen LogP contribution in [0.1, 0.15) is 39.5 Å². The lowest BCUT2D eigenvalue weighted by Gasteiger charge is -2.50. The summed E-state index contributed by atoms with van der Waals surface area (Å²) in [5, 5.41) is 3.09. The average Bonchev–Trinajstić information content (AvgIpc) is 2.88. The van der Waals surface area contributed by atoms with Crippen molar-refractivity contribution < 1.29 is 4.79 Å². The van der Waals surface area contributed by atoms with Gasteiger partial charge in [-0.3, -0.25) is 4.79 Å². The summed E-state index contributed by atoms with van der Waals surface area (Å²) in [5.74, 6) is 0.893. The fourth-order valence-corrected chi connectivity index (χ4v) is 2.04. The van der Waals surface area contributed by atoms with Crippen molar-refractivity contribution in [3.05, 3.63) is 0 Å². The van der Waals surface area contributed by atoms with E-state index >= 15 is 0 Å². The van der Waals surface area contributed by atoms with Gasteiger partial charge < -0.3 is 11.1 Å². The van der Waals surface area contributed by atoms with Gasteiger partial charge in [-0.2, -0.15) is 0 Å².